The summed E-state index contributed by atoms with van der Waals surface area (Å²) in [7, 11) is 2.16. The minimum absolute atomic E-state index is 0.0125. The fourth-order valence-electron chi connectivity index (χ4n) is 4.54. The number of likely N-dealkylation sites (N-methyl/N-ethyl adjacent to an activating group) is 1. The summed E-state index contributed by atoms with van der Waals surface area (Å²) < 4.78 is 15.3. The molecular weight excluding hydrogens is 377 g/mol. The van der Waals surface area contributed by atoms with Crippen LogP contribution in [-0.4, -0.2) is 41.6 Å². The lowest BCUT2D eigenvalue weighted by Gasteiger charge is -2.31. The number of amides is 1. The molecule has 0 saturated heterocycles. The van der Waals surface area contributed by atoms with E-state index in [-0.39, 0.29) is 18.3 Å². The van der Waals surface area contributed by atoms with Gasteiger partial charge in [0, 0.05) is 36.3 Å². The van der Waals surface area contributed by atoms with Crippen LogP contribution in [0.15, 0.2) is 54.7 Å². The van der Waals surface area contributed by atoms with Gasteiger partial charge in [0.15, 0.2) is 0 Å². The Kier molecular flexibility index (Phi) is 6.48. The van der Waals surface area contributed by atoms with E-state index in [0.29, 0.717) is 12.6 Å². The van der Waals surface area contributed by atoms with Gasteiger partial charge in [0.1, 0.15) is 12.4 Å². The zero-order chi connectivity index (χ0) is 20.9. The van der Waals surface area contributed by atoms with Gasteiger partial charge in [-0.3, -0.25) is 4.79 Å². The molecule has 4 rings (SSSR count). The van der Waals surface area contributed by atoms with Crippen LogP contribution in [-0.2, 0) is 11.3 Å². The molecular formula is C25H30FN3O. The third-order valence-electron chi connectivity index (χ3n) is 6.24. The van der Waals surface area contributed by atoms with Crippen LogP contribution in [0.4, 0.5) is 4.39 Å². The van der Waals surface area contributed by atoms with E-state index in [4.69, 9.17) is 0 Å². The molecule has 0 radical (unpaired) electrons. The van der Waals surface area contributed by atoms with Crippen molar-refractivity contribution in [1.29, 1.82) is 0 Å². The number of rotatable bonds is 7. The second-order valence-corrected chi connectivity index (χ2v) is 8.32. The van der Waals surface area contributed by atoms with E-state index in [9.17, 15) is 9.18 Å². The second kappa shape index (κ2) is 9.43. The summed E-state index contributed by atoms with van der Waals surface area (Å²) in [6.07, 6.45) is 8.48. The summed E-state index contributed by atoms with van der Waals surface area (Å²) in [5.74, 6) is -0.239. The average Bonchev–Trinajstić information content (AvgIpc) is 3.18. The average molecular weight is 408 g/mol. The maximum atomic E-state index is 13.3. The predicted octanol–water partition coefficient (Wildman–Crippen LogP) is 4.83. The Hall–Kier alpha value is -2.66. The predicted molar refractivity (Wildman–Crippen MR) is 120 cm³/mol. The summed E-state index contributed by atoms with van der Waals surface area (Å²) in [4.78, 5) is 15.0. The highest BCUT2D eigenvalue weighted by Crippen LogP contribution is 2.29. The van der Waals surface area contributed by atoms with Gasteiger partial charge in [-0.25, -0.2) is 4.39 Å². The second-order valence-electron chi connectivity index (χ2n) is 8.32. The Labute approximate surface area is 177 Å². The highest BCUT2D eigenvalue weighted by atomic mass is 19.1. The summed E-state index contributed by atoms with van der Waals surface area (Å²) in [6.45, 7) is 1.81. The molecule has 4 nitrogen and oxygen atoms in total. The molecule has 1 fully saturated rings. The Morgan fingerprint density at radius 3 is 2.63 bits per heavy atom. The summed E-state index contributed by atoms with van der Waals surface area (Å²) in [5, 5.41) is 4.14. The van der Waals surface area contributed by atoms with E-state index >= 15 is 0 Å². The van der Waals surface area contributed by atoms with Crippen molar-refractivity contribution in [3.63, 3.8) is 0 Å². The van der Waals surface area contributed by atoms with Crippen molar-refractivity contribution >= 4 is 16.8 Å². The molecule has 1 aromatic heterocycles. The molecule has 30 heavy (non-hydrogen) atoms. The third-order valence-corrected chi connectivity index (χ3v) is 6.24. The van der Waals surface area contributed by atoms with E-state index in [1.54, 1.807) is 12.1 Å². The normalized spacial score (nSPS) is 15.0. The van der Waals surface area contributed by atoms with Crippen LogP contribution in [0.1, 0.15) is 32.1 Å². The van der Waals surface area contributed by atoms with Crippen molar-refractivity contribution < 1.29 is 9.18 Å². The van der Waals surface area contributed by atoms with Gasteiger partial charge >= 0.3 is 0 Å². The molecule has 3 aromatic rings. The molecule has 2 aromatic carbocycles. The number of halogens is 1. The van der Waals surface area contributed by atoms with E-state index in [1.807, 2.05) is 35.0 Å². The first-order chi connectivity index (χ1) is 14.6. The lowest BCUT2D eigenvalue weighted by molar-refractivity contribution is -0.121. The largest absolute Gasteiger partial charge is 0.353 e. The van der Waals surface area contributed by atoms with E-state index in [0.717, 1.165) is 28.6 Å². The smallest absolute Gasteiger partial charge is 0.239 e. The number of nitrogens with one attached hydrogen (secondary N) is 1. The van der Waals surface area contributed by atoms with Gasteiger partial charge in [0.05, 0.1) is 5.52 Å². The molecule has 1 saturated carbocycles. The number of nitrogens with zero attached hydrogens (tertiary/aromatic N) is 2. The molecule has 1 N–H and O–H groups in total. The summed E-state index contributed by atoms with van der Waals surface area (Å²) in [6, 6.07) is 15.2. The van der Waals surface area contributed by atoms with Crippen molar-refractivity contribution in [2.75, 3.05) is 20.1 Å². The standard InChI is InChI=1S/C25H30FN3O/c1-28(22-7-3-2-4-8-22)17-15-27-24(30)18-29-16-14-20-6-5-9-23(25(20)29)19-10-12-21(26)13-11-19/h5-6,9-14,16,22H,2-4,7-8,15,17-18H2,1H3,(H,27,30). The van der Waals surface area contributed by atoms with Crippen molar-refractivity contribution in [1.82, 2.24) is 14.8 Å². The molecule has 0 unspecified atom stereocenters. The van der Waals surface area contributed by atoms with Gasteiger partial charge in [-0.05, 0) is 43.7 Å². The Morgan fingerprint density at radius 1 is 1.10 bits per heavy atom. The molecule has 0 bridgehead atoms. The number of hydrogen-bond acceptors (Lipinski definition) is 2. The Balaban J connectivity index is 1.41. The van der Waals surface area contributed by atoms with Gasteiger partial charge < -0.3 is 14.8 Å². The van der Waals surface area contributed by atoms with Gasteiger partial charge in [-0.1, -0.05) is 49.6 Å². The summed E-state index contributed by atoms with van der Waals surface area (Å²) in [5.41, 5.74) is 2.94. The molecule has 0 aliphatic heterocycles. The molecule has 1 amide bonds. The topological polar surface area (TPSA) is 37.3 Å². The molecule has 158 valence electrons. The van der Waals surface area contributed by atoms with Gasteiger partial charge in [0.25, 0.3) is 0 Å². The Bertz CT molecular complexity index is 989. The minimum Gasteiger partial charge on any atom is -0.353 e. The van der Waals surface area contributed by atoms with Crippen LogP contribution in [0.3, 0.4) is 0 Å². The Morgan fingerprint density at radius 2 is 1.87 bits per heavy atom. The molecule has 5 heteroatoms. The quantitative estimate of drug-likeness (QED) is 0.609. The zero-order valence-corrected chi connectivity index (χ0v) is 17.6. The number of carbonyl (C=O) groups excluding carboxylic acids is 1. The lowest BCUT2D eigenvalue weighted by Crippen LogP contribution is -2.40. The summed E-state index contributed by atoms with van der Waals surface area (Å²) >= 11 is 0. The number of para-hydroxylation sites is 1. The fourth-order valence-corrected chi connectivity index (χ4v) is 4.54. The van der Waals surface area contributed by atoms with E-state index in [2.05, 4.69) is 17.3 Å². The monoisotopic (exact) mass is 407 g/mol. The molecule has 0 atom stereocenters. The fraction of sp³-hybridized carbons (Fsp3) is 0.400. The maximum absolute atomic E-state index is 13.3. The number of benzene rings is 2. The number of fused-ring (bicyclic) bond motifs is 1. The van der Waals surface area contributed by atoms with Crippen molar-refractivity contribution in [3.8, 4) is 11.1 Å². The van der Waals surface area contributed by atoms with Crippen LogP contribution < -0.4 is 5.32 Å². The van der Waals surface area contributed by atoms with Crippen molar-refractivity contribution in [2.24, 2.45) is 0 Å². The van der Waals surface area contributed by atoms with Crippen molar-refractivity contribution in [2.45, 2.75) is 44.7 Å². The maximum Gasteiger partial charge on any atom is 0.239 e. The third kappa shape index (κ3) is 4.73. The highest BCUT2D eigenvalue weighted by molar-refractivity contribution is 5.95. The molecule has 1 aliphatic carbocycles. The van der Waals surface area contributed by atoms with E-state index in [1.165, 1.54) is 44.2 Å². The number of aromatic nitrogens is 1. The van der Waals surface area contributed by atoms with Gasteiger partial charge in [0.2, 0.25) is 5.91 Å². The van der Waals surface area contributed by atoms with Crippen LogP contribution in [0.5, 0.6) is 0 Å². The van der Waals surface area contributed by atoms with Gasteiger partial charge in [-0.2, -0.15) is 0 Å². The van der Waals surface area contributed by atoms with Crippen LogP contribution in [0.25, 0.3) is 22.0 Å². The van der Waals surface area contributed by atoms with Crippen molar-refractivity contribution in [3.05, 3.63) is 60.5 Å². The molecule has 0 spiro atoms. The first kappa shape index (κ1) is 20.6. The van der Waals surface area contributed by atoms with Crippen LogP contribution in [0.2, 0.25) is 0 Å². The van der Waals surface area contributed by atoms with E-state index < -0.39 is 0 Å². The zero-order valence-electron chi connectivity index (χ0n) is 17.6. The highest BCUT2D eigenvalue weighted by Gasteiger charge is 2.18. The first-order valence-electron chi connectivity index (χ1n) is 10.9. The first-order valence-corrected chi connectivity index (χ1v) is 10.9. The van der Waals surface area contributed by atoms with Crippen LogP contribution >= 0.6 is 0 Å². The lowest BCUT2D eigenvalue weighted by atomic mass is 9.94. The van der Waals surface area contributed by atoms with Crippen LogP contribution in [0, 0.1) is 5.82 Å². The molecule has 1 heterocycles. The minimum atomic E-state index is -0.251. The SMILES string of the molecule is CN(CCNC(=O)Cn1ccc2cccc(-c3ccc(F)cc3)c21)C1CCCCC1. The number of hydrogen-bond donors (Lipinski definition) is 1. The number of carbonyl (C=O) groups is 1. The van der Waals surface area contributed by atoms with Gasteiger partial charge in [-0.15, -0.1) is 0 Å². The molecule has 1 aliphatic rings.